The van der Waals surface area contributed by atoms with E-state index in [1.54, 1.807) is 0 Å². The molecule has 4 aliphatic rings. The molecule has 0 heterocycles. The fourth-order valence-corrected chi connectivity index (χ4v) is 7.09. The van der Waals surface area contributed by atoms with Crippen molar-refractivity contribution in [2.24, 2.45) is 50.5 Å². The van der Waals surface area contributed by atoms with E-state index in [2.05, 4.69) is 24.2 Å². The van der Waals surface area contributed by atoms with Gasteiger partial charge in [-0.1, -0.05) is 24.2 Å². The fourth-order valence-electron chi connectivity index (χ4n) is 7.09. The minimum Gasteiger partial charge on any atom is -0.411 e. The van der Waals surface area contributed by atoms with Gasteiger partial charge in [-0.05, 0) is 69.1 Å². The Morgan fingerprint density at radius 3 is 2.63 bits per heavy atom. The predicted octanol–water partition coefficient (Wildman–Crippen LogP) is 4.10. The number of carbonyl (C=O) groups is 1. The van der Waals surface area contributed by atoms with E-state index in [0.29, 0.717) is 49.0 Å². The zero-order valence-corrected chi connectivity index (χ0v) is 18.7. The standard InChI is InChI=1S/C23H36FN3O3/c1-21(2,12-25)30-27-19-10-16-18(26-29)9-13-14-5-6-20(28)22(14,3)8-7-15(13)23(16,4)11-17(19)24/h13-17,29H,5-12,25H2,1-4H3/b26-18-,27-19+/t13-,14-,15-,16?,17+,22-,23+/m0/s1. The molecule has 7 atom stereocenters. The summed E-state index contributed by atoms with van der Waals surface area (Å²) in [7, 11) is 0. The summed E-state index contributed by atoms with van der Waals surface area (Å²) in [6.07, 6.45) is 3.63. The maximum atomic E-state index is 15.3. The van der Waals surface area contributed by atoms with E-state index in [1.165, 1.54) is 0 Å². The minimum absolute atomic E-state index is 0.0550. The molecule has 4 aliphatic carbocycles. The summed E-state index contributed by atoms with van der Waals surface area (Å²) >= 11 is 0. The van der Waals surface area contributed by atoms with Crippen molar-refractivity contribution in [1.82, 2.24) is 0 Å². The Morgan fingerprint density at radius 1 is 1.23 bits per heavy atom. The van der Waals surface area contributed by atoms with Crippen LogP contribution in [0, 0.1) is 34.5 Å². The van der Waals surface area contributed by atoms with Gasteiger partial charge in [0.05, 0.1) is 11.4 Å². The fraction of sp³-hybridized carbons (Fsp3) is 0.870. The highest BCUT2D eigenvalue weighted by molar-refractivity contribution is 5.97. The molecular formula is C23H36FN3O3. The second kappa shape index (κ2) is 7.28. The monoisotopic (exact) mass is 421 g/mol. The molecule has 4 saturated carbocycles. The van der Waals surface area contributed by atoms with Gasteiger partial charge in [0.25, 0.3) is 0 Å². The van der Waals surface area contributed by atoms with Crippen molar-refractivity contribution in [2.75, 3.05) is 6.54 Å². The molecule has 0 aromatic rings. The van der Waals surface area contributed by atoms with E-state index in [9.17, 15) is 10.0 Å². The topological polar surface area (TPSA) is 97.3 Å². The van der Waals surface area contributed by atoms with Crippen LogP contribution in [0.4, 0.5) is 4.39 Å². The first kappa shape index (κ1) is 21.7. The smallest absolute Gasteiger partial charge is 0.144 e. The largest absolute Gasteiger partial charge is 0.411 e. The Balaban J connectivity index is 1.64. The van der Waals surface area contributed by atoms with Crippen molar-refractivity contribution in [3.63, 3.8) is 0 Å². The van der Waals surface area contributed by atoms with Gasteiger partial charge in [-0.3, -0.25) is 4.79 Å². The predicted molar refractivity (Wildman–Crippen MR) is 113 cm³/mol. The van der Waals surface area contributed by atoms with Crippen molar-refractivity contribution < 1.29 is 19.2 Å². The van der Waals surface area contributed by atoms with Crippen LogP contribution in [0.1, 0.15) is 72.6 Å². The van der Waals surface area contributed by atoms with Crippen LogP contribution in [0.2, 0.25) is 0 Å². The molecule has 4 fully saturated rings. The van der Waals surface area contributed by atoms with Gasteiger partial charge in [0, 0.05) is 30.7 Å². The lowest BCUT2D eigenvalue weighted by Gasteiger charge is -2.59. The van der Waals surface area contributed by atoms with Gasteiger partial charge >= 0.3 is 0 Å². The van der Waals surface area contributed by atoms with Crippen molar-refractivity contribution in [3.8, 4) is 0 Å². The lowest BCUT2D eigenvalue weighted by Crippen LogP contribution is -2.58. The summed E-state index contributed by atoms with van der Waals surface area (Å²) in [5, 5.41) is 17.7. The van der Waals surface area contributed by atoms with E-state index in [0.717, 1.165) is 25.0 Å². The van der Waals surface area contributed by atoms with Crippen LogP contribution in [0.3, 0.4) is 0 Å². The van der Waals surface area contributed by atoms with E-state index in [4.69, 9.17) is 10.6 Å². The summed E-state index contributed by atoms with van der Waals surface area (Å²) in [6.45, 7) is 8.21. The zero-order chi connectivity index (χ0) is 21.9. The first-order valence-electron chi connectivity index (χ1n) is 11.4. The maximum absolute atomic E-state index is 15.3. The molecule has 0 saturated heterocycles. The third-order valence-corrected chi connectivity index (χ3v) is 9.06. The highest BCUT2D eigenvalue weighted by Gasteiger charge is 2.62. The SMILES string of the molecule is CC(C)(CN)O/N=C1\CC2/C(=N\O)C[C@@H]3[C@H](CC[C@]4(C)C(=O)CC[C@@H]34)[C@@]2(C)C[C@H]1F. The van der Waals surface area contributed by atoms with Crippen molar-refractivity contribution >= 4 is 17.2 Å². The normalized spacial score (nSPS) is 46.5. The third kappa shape index (κ3) is 3.19. The van der Waals surface area contributed by atoms with Crippen molar-refractivity contribution in [3.05, 3.63) is 0 Å². The van der Waals surface area contributed by atoms with Gasteiger partial charge in [0.1, 0.15) is 17.6 Å². The molecule has 4 rings (SSSR count). The molecule has 6 nitrogen and oxygen atoms in total. The Morgan fingerprint density at radius 2 is 1.97 bits per heavy atom. The Kier molecular flexibility index (Phi) is 5.27. The molecule has 0 spiro atoms. The second-order valence-corrected chi connectivity index (χ2v) is 11.2. The molecule has 0 radical (unpaired) electrons. The average molecular weight is 422 g/mol. The van der Waals surface area contributed by atoms with Gasteiger partial charge in [0.15, 0.2) is 0 Å². The number of rotatable bonds is 3. The number of Topliss-reactive ketones (excluding diaryl/α,β-unsaturated/α-hetero) is 1. The van der Waals surface area contributed by atoms with Gasteiger partial charge in [-0.15, -0.1) is 0 Å². The number of halogens is 1. The quantitative estimate of drug-likeness (QED) is 0.530. The van der Waals surface area contributed by atoms with Gasteiger partial charge in [-0.25, -0.2) is 4.39 Å². The van der Waals surface area contributed by atoms with Crippen LogP contribution in [0.15, 0.2) is 10.3 Å². The molecular weight excluding hydrogens is 385 g/mol. The summed E-state index contributed by atoms with van der Waals surface area (Å²) < 4.78 is 15.3. The minimum atomic E-state index is -1.18. The lowest BCUT2D eigenvalue weighted by molar-refractivity contribution is -0.133. The number of hydrogen-bond donors (Lipinski definition) is 2. The molecule has 0 amide bonds. The molecule has 0 aromatic heterocycles. The third-order valence-electron chi connectivity index (χ3n) is 9.06. The number of ketones is 1. The summed E-state index contributed by atoms with van der Waals surface area (Å²) in [5.74, 6) is 1.24. The summed E-state index contributed by atoms with van der Waals surface area (Å²) in [6, 6.07) is 0. The lowest BCUT2D eigenvalue weighted by atomic mass is 9.44. The van der Waals surface area contributed by atoms with Crippen LogP contribution in [-0.4, -0.2) is 40.7 Å². The number of hydrogen-bond acceptors (Lipinski definition) is 6. The van der Waals surface area contributed by atoms with E-state index in [-0.39, 0.29) is 29.2 Å². The van der Waals surface area contributed by atoms with Crippen LogP contribution in [0.25, 0.3) is 0 Å². The van der Waals surface area contributed by atoms with Crippen molar-refractivity contribution in [2.45, 2.75) is 84.4 Å². The Hall–Kier alpha value is -1.50. The molecule has 30 heavy (non-hydrogen) atoms. The molecule has 168 valence electrons. The maximum Gasteiger partial charge on any atom is 0.144 e. The molecule has 0 aliphatic heterocycles. The van der Waals surface area contributed by atoms with Crippen LogP contribution < -0.4 is 5.73 Å². The van der Waals surface area contributed by atoms with Gasteiger partial charge < -0.3 is 15.8 Å². The number of oxime groups is 2. The zero-order valence-electron chi connectivity index (χ0n) is 18.7. The number of nitrogens with two attached hydrogens (primary N) is 1. The van der Waals surface area contributed by atoms with E-state index in [1.807, 2.05) is 13.8 Å². The number of fused-ring (bicyclic) bond motifs is 5. The van der Waals surface area contributed by atoms with Gasteiger partial charge in [-0.2, -0.15) is 0 Å². The van der Waals surface area contributed by atoms with Crippen molar-refractivity contribution in [1.29, 1.82) is 0 Å². The highest BCUT2D eigenvalue weighted by atomic mass is 19.1. The molecule has 7 heteroatoms. The molecule has 1 unspecified atom stereocenters. The van der Waals surface area contributed by atoms with Crippen LogP contribution in [0.5, 0.6) is 0 Å². The van der Waals surface area contributed by atoms with Gasteiger partial charge in [0.2, 0.25) is 0 Å². The Labute approximate surface area is 178 Å². The molecule has 3 N–H and O–H groups in total. The number of nitrogens with zero attached hydrogens (tertiary/aromatic N) is 2. The first-order valence-corrected chi connectivity index (χ1v) is 11.4. The summed E-state index contributed by atoms with van der Waals surface area (Å²) in [4.78, 5) is 18.2. The summed E-state index contributed by atoms with van der Waals surface area (Å²) in [5.41, 5.74) is 5.60. The average Bonchev–Trinajstić information content (AvgIpc) is 3.00. The van der Waals surface area contributed by atoms with Crippen LogP contribution >= 0.6 is 0 Å². The molecule has 0 bridgehead atoms. The van der Waals surface area contributed by atoms with E-state index < -0.39 is 11.8 Å². The Bertz CT molecular complexity index is 782. The number of alkyl halides is 1. The molecule has 0 aromatic carbocycles. The highest BCUT2D eigenvalue weighted by Crippen LogP contribution is 2.64. The van der Waals surface area contributed by atoms with Crippen LogP contribution in [-0.2, 0) is 9.63 Å². The van der Waals surface area contributed by atoms with E-state index >= 15 is 4.39 Å². The number of carbonyl (C=O) groups excluding carboxylic acids is 1. The second-order valence-electron chi connectivity index (χ2n) is 11.2. The first-order chi connectivity index (χ1) is 14.1.